The monoisotopic (exact) mass is 322 g/mol. The van der Waals surface area contributed by atoms with Gasteiger partial charge in [-0.05, 0) is 37.3 Å². The Kier molecular flexibility index (Phi) is 3.19. The van der Waals surface area contributed by atoms with E-state index in [1.54, 1.807) is 18.3 Å². The van der Waals surface area contributed by atoms with Gasteiger partial charge in [-0.2, -0.15) is 0 Å². The zero-order valence-electron chi connectivity index (χ0n) is 12.9. The molecule has 4 rings (SSSR count). The van der Waals surface area contributed by atoms with Gasteiger partial charge in [-0.25, -0.2) is 14.8 Å². The van der Waals surface area contributed by atoms with Crippen LogP contribution >= 0.6 is 0 Å². The number of nitrogens with zero attached hydrogens (tertiary/aromatic N) is 3. The van der Waals surface area contributed by atoms with Gasteiger partial charge in [0.2, 0.25) is 0 Å². The average molecular weight is 322 g/mol. The van der Waals surface area contributed by atoms with Crippen LogP contribution < -0.4 is 4.74 Å². The first kappa shape index (κ1) is 14.3. The Bertz CT molecular complexity index is 1050. The van der Waals surface area contributed by atoms with Crippen molar-refractivity contribution in [2.45, 2.75) is 6.92 Å². The molecule has 0 bridgehead atoms. The highest BCUT2D eigenvalue weighted by atomic mass is 16.5. The summed E-state index contributed by atoms with van der Waals surface area (Å²) in [7, 11) is 0. The summed E-state index contributed by atoms with van der Waals surface area (Å²) in [5.74, 6) is 0.377. The number of hydrogen-bond acceptors (Lipinski definition) is 4. The van der Waals surface area contributed by atoms with Gasteiger partial charge >= 0.3 is 5.97 Å². The molecule has 0 aliphatic carbocycles. The molecule has 0 fully saturated rings. The number of benzene rings is 1. The van der Waals surface area contributed by atoms with Gasteiger partial charge in [0.15, 0.2) is 12.3 Å². The van der Waals surface area contributed by atoms with Crippen LogP contribution in [0.4, 0.5) is 0 Å². The number of aryl methyl sites for hydroxylation is 1. The maximum Gasteiger partial charge on any atom is 0.341 e. The Labute approximate surface area is 136 Å². The quantitative estimate of drug-likeness (QED) is 0.602. The zero-order chi connectivity index (χ0) is 16.7. The van der Waals surface area contributed by atoms with Crippen molar-refractivity contribution < 1.29 is 14.6 Å². The van der Waals surface area contributed by atoms with Gasteiger partial charge in [-0.3, -0.25) is 4.40 Å². The average Bonchev–Trinajstić information content (AvgIpc) is 3.17. The van der Waals surface area contributed by atoms with E-state index in [1.165, 1.54) is 0 Å². The van der Waals surface area contributed by atoms with Crippen molar-refractivity contribution in [2.75, 3.05) is 6.61 Å². The number of carbonyl (C=O) groups is 1. The Hall–Kier alpha value is -3.35. The van der Waals surface area contributed by atoms with Crippen molar-refractivity contribution >= 4 is 22.6 Å². The standard InChI is InChI=1S/C17H14N4O3/c1-10-20-16(11-2-4-12(5-3-11)24-9-15(22)23)14-8-19-17-13(21(10)14)6-7-18-17/h2-8,18H,9H2,1H3,(H,22,23). The Balaban J connectivity index is 1.77. The fraction of sp³-hybridized carbons (Fsp3) is 0.118. The van der Waals surface area contributed by atoms with E-state index in [0.29, 0.717) is 5.75 Å². The summed E-state index contributed by atoms with van der Waals surface area (Å²) >= 11 is 0. The number of fused-ring (bicyclic) bond motifs is 3. The van der Waals surface area contributed by atoms with Crippen LogP contribution in [0.2, 0.25) is 0 Å². The molecule has 7 heteroatoms. The number of aliphatic carboxylic acids is 1. The second-order valence-corrected chi connectivity index (χ2v) is 5.40. The molecule has 24 heavy (non-hydrogen) atoms. The SMILES string of the molecule is Cc1nc(-c2ccc(OCC(=O)O)cc2)c2cnc3[nH]ccc3n12. The number of aromatic nitrogens is 4. The number of carboxylic acids is 1. The number of aromatic amines is 1. The highest BCUT2D eigenvalue weighted by Crippen LogP contribution is 2.28. The second kappa shape index (κ2) is 5.38. The van der Waals surface area contributed by atoms with Crippen molar-refractivity contribution in [1.29, 1.82) is 0 Å². The molecule has 0 spiro atoms. The van der Waals surface area contributed by atoms with Crippen LogP contribution in [-0.4, -0.2) is 37.0 Å². The molecule has 0 saturated heterocycles. The molecule has 0 saturated carbocycles. The molecule has 120 valence electrons. The minimum atomic E-state index is -1.00. The summed E-state index contributed by atoms with van der Waals surface area (Å²) < 4.78 is 7.22. The maximum absolute atomic E-state index is 10.5. The van der Waals surface area contributed by atoms with Gasteiger partial charge in [-0.15, -0.1) is 0 Å². The highest BCUT2D eigenvalue weighted by Gasteiger charge is 2.14. The molecule has 4 aromatic rings. The second-order valence-electron chi connectivity index (χ2n) is 5.40. The maximum atomic E-state index is 10.5. The van der Waals surface area contributed by atoms with Crippen molar-refractivity contribution in [1.82, 2.24) is 19.4 Å². The molecular formula is C17H14N4O3. The van der Waals surface area contributed by atoms with Crippen LogP contribution in [-0.2, 0) is 4.79 Å². The third kappa shape index (κ3) is 2.26. The van der Waals surface area contributed by atoms with Crippen LogP contribution in [0.25, 0.3) is 27.9 Å². The topological polar surface area (TPSA) is 92.5 Å². The summed E-state index contributed by atoms with van der Waals surface area (Å²) in [5, 5.41) is 8.65. The first-order valence-electron chi connectivity index (χ1n) is 7.39. The predicted molar refractivity (Wildman–Crippen MR) is 88.1 cm³/mol. The van der Waals surface area contributed by atoms with Gasteiger partial charge in [0.1, 0.15) is 11.6 Å². The van der Waals surface area contributed by atoms with Crippen LogP contribution in [0.1, 0.15) is 5.82 Å². The molecule has 3 aromatic heterocycles. The van der Waals surface area contributed by atoms with Gasteiger partial charge < -0.3 is 14.8 Å². The summed E-state index contributed by atoms with van der Waals surface area (Å²) in [5.41, 5.74) is 4.45. The number of imidazole rings is 1. The van der Waals surface area contributed by atoms with Crippen molar-refractivity contribution in [3.63, 3.8) is 0 Å². The molecule has 0 aliphatic heterocycles. The van der Waals surface area contributed by atoms with Crippen LogP contribution in [0, 0.1) is 6.92 Å². The molecule has 0 atom stereocenters. The van der Waals surface area contributed by atoms with Crippen molar-refractivity contribution in [2.24, 2.45) is 0 Å². The Morgan fingerprint density at radius 2 is 2.04 bits per heavy atom. The summed E-state index contributed by atoms with van der Waals surface area (Å²) in [6.07, 6.45) is 3.65. The number of rotatable bonds is 4. The van der Waals surface area contributed by atoms with E-state index in [1.807, 2.05) is 31.3 Å². The van der Waals surface area contributed by atoms with Crippen molar-refractivity contribution in [3.8, 4) is 17.0 Å². The molecule has 1 aromatic carbocycles. The lowest BCUT2D eigenvalue weighted by atomic mass is 10.1. The largest absolute Gasteiger partial charge is 0.482 e. The lowest BCUT2D eigenvalue weighted by molar-refractivity contribution is -0.139. The number of H-pyrrole nitrogens is 1. The minimum Gasteiger partial charge on any atom is -0.482 e. The van der Waals surface area contributed by atoms with E-state index in [-0.39, 0.29) is 6.61 Å². The van der Waals surface area contributed by atoms with E-state index in [4.69, 9.17) is 9.84 Å². The van der Waals surface area contributed by atoms with E-state index in [0.717, 1.165) is 33.8 Å². The Morgan fingerprint density at radius 3 is 2.79 bits per heavy atom. The van der Waals surface area contributed by atoms with E-state index >= 15 is 0 Å². The number of carboxylic acid groups (broad SMARTS) is 1. The molecule has 0 radical (unpaired) electrons. The van der Waals surface area contributed by atoms with Gasteiger partial charge in [-0.1, -0.05) is 0 Å². The number of hydrogen-bond donors (Lipinski definition) is 2. The highest BCUT2D eigenvalue weighted by molar-refractivity contribution is 5.84. The third-order valence-electron chi connectivity index (χ3n) is 3.83. The van der Waals surface area contributed by atoms with Crippen LogP contribution in [0.15, 0.2) is 42.7 Å². The minimum absolute atomic E-state index is 0.360. The summed E-state index contributed by atoms with van der Waals surface area (Å²) in [6.45, 7) is 1.59. The van der Waals surface area contributed by atoms with Crippen LogP contribution in [0.5, 0.6) is 5.75 Å². The first-order valence-corrected chi connectivity index (χ1v) is 7.39. The fourth-order valence-corrected chi connectivity index (χ4v) is 2.80. The Morgan fingerprint density at radius 1 is 1.25 bits per heavy atom. The van der Waals surface area contributed by atoms with Gasteiger partial charge in [0.25, 0.3) is 0 Å². The molecule has 3 heterocycles. The predicted octanol–water partition coefficient (Wildman–Crippen LogP) is 2.65. The third-order valence-corrected chi connectivity index (χ3v) is 3.83. The van der Waals surface area contributed by atoms with Crippen LogP contribution in [0.3, 0.4) is 0 Å². The fourth-order valence-electron chi connectivity index (χ4n) is 2.80. The van der Waals surface area contributed by atoms with E-state index in [2.05, 4.69) is 19.4 Å². The zero-order valence-corrected chi connectivity index (χ0v) is 12.9. The van der Waals surface area contributed by atoms with Crippen molar-refractivity contribution in [3.05, 3.63) is 48.5 Å². The smallest absolute Gasteiger partial charge is 0.341 e. The molecule has 0 amide bonds. The lowest BCUT2D eigenvalue weighted by Gasteiger charge is -2.04. The van der Waals surface area contributed by atoms with Gasteiger partial charge in [0, 0.05) is 11.8 Å². The molecule has 2 N–H and O–H groups in total. The molecule has 0 unspecified atom stereocenters. The number of nitrogens with one attached hydrogen (secondary N) is 1. The molecule has 7 nitrogen and oxygen atoms in total. The summed E-state index contributed by atoms with van der Waals surface area (Å²) in [4.78, 5) is 22.7. The lowest BCUT2D eigenvalue weighted by Crippen LogP contribution is -2.09. The molecule has 0 aliphatic rings. The first-order chi connectivity index (χ1) is 11.6. The van der Waals surface area contributed by atoms with Gasteiger partial charge in [0.05, 0.1) is 22.9 Å². The normalized spacial score (nSPS) is 11.2. The molecular weight excluding hydrogens is 308 g/mol. The van der Waals surface area contributed by atoms with E-state index in [9.17, 15) is 4.79 Å². The summed E-state index contributed by atoms with van der Waals surface area (Å²) in [6, 6.07) is 9.17. The number of ether oxygens (including phenoxy) is 1. The van der Waals surface area contributed by atoms with E-state index < -0.39 is 5.97 Å².